The van der Waals surface area contributed by atoms with E-state index in [1.54, 1.807) is 0 Å². The van der Waals surface area contributed by atoms with Crippen LogP contribution < -0.4 is 0 Å². The van der Waals surface area contributed by atoms with Crippen molar-refractivity contribution in [2.24, 2.45) is 5.41 Å². The maximum Gasteiger partial charge on any atom is 0.413 e. The van der Waals surface area contributed by atoms with Gasteiger partial charge in [0.1, 0.15) is 0 Å². The Bertz CT molecular complexity index is 761. The Morgan fingerprint density at radius 2 is 1.71 bits per heavy atom. The molecule has 128 valence electrons. The van der Waals surface area contributed by atoms with Crippen LogP contribution in [0.1, 0.15) is 39.7 Å². The number of hydrazine groups is 1. The number of benzene rings is 1. The minimum absolute atomic E-state index is 0.00639. The molecule has 0 radical (unpaired) electrons. The molecule has 2 nitrogen and oxygen atoms in total. The summed E-state index contributed by atoms with van der Waals surface area (Å²) in [4.78, 5) is 0. The first-order valence-corrected chi connectivity index (χ1v) is 8.22. The summed E-state index contributed by atoms with van der Waals surface area (Å²) in [5.41, 5.74) is 1.31. The molecule has 0 amide bonds. The van der Waals surface area contributed by atoms with E-state index >= 15 is 0 Å². The molecule has 0 bridgehead atoms. The number of halogens is 3. The SMILES string of the molecule is CC1=C2C[C@@](C)(C(F)(F)F)N3C(c4ccccc4)=C[C@@H](N23)C1(C)C. The highest BCUT2D eigenvalue weighted by atomic mass is 19.4. The molecular formula is C19H21F3N2. The fourth-order valence-electron chi connectivity index (χ4n) is 4.27. The predicted octanol–water partition coefficient (Wildman–Crippen LogP) is 4.97. The predicted molar refractivity (Wildman–Crippen MR) is 87.4 cm³/mol. The van der Waals surface area contributed by atoms with Crippen molar-refractivity contribution in [3.05, 3.63) is 53.2 Å². The van der Waals surface area contributed by atoms with Gasteiger partial charge in [-0.25, -0.2) is 0 Å². The third kappa shape index (κ3) is 1.68. The second-order valence-electron chi connectivity index (χ2n) is 7.76. The van der Waals surface area contributed by atoms with Crippen molar-refractivity contribution < 1.29 is 13.2 Å². The number of hydrogen-bond acceptors (Lipinski definition) is 2. The van der Waals surface area contributed by atoms with Crippen molar-refractivity contribution in [1.29, 1.82) is 0 Å². The quantitative estimate of drug-likeness (QED) is 0.716. The van der Waals surface area contributed by atoms with Gasteiger partial charge in [0, 0.05) is 17.5 Å². The van der Waals surface area contributed by atoms with E-state index in [0.29, 0.717) is 5.70 Å². The highest BCUT2D eigenvalue weighted by molar-refractivity contribution is 5.70. The summed E-state index contributed by atoms with van der Waals surface area (Å²) in [7, 11) is 0. The summed E-state index contributed by atoms with van der Waals surface area (Å²) in [6.45, 7) is 7.53. The van der Waals surface area contributed by atoms with Crippen LogP contribution in [-0.2, 0) is 0 Å². The van der Waals surface area contributed by atoms with Crippen LogP contribution in [0.2, 0.25) is 0 Å². The fraction of sp³-hybridized carbons (Fsp3) is 0.474. The number of rotatable bonds is 1. The Balaban J connectivity index is 1.93. The van der Waals surface area contributed by atoms with Gasteiger partial charge in [0.25, 0.3) is 0 Å². The summed E-state index contributed by atoms with van der Waals surface area (Å²) in [5, 5.41) is 3.39. The lowest BCUT2D eigenvalue weighted by atomic mass is 9.79. The van der Waals surface area contributed by atoms with E-state index in [9.17, 15) is 13.2 Å². The molecule has 0 spiro atoms. The highest BCUT2D eigenvalue weighted by Crippen LogP contribution is 2.61. The second kappa shape index (κ2) is 4.38. The van der Waals surface area contributed by atoms with E-state index in [0.717, 1.165) is 16.8 Å². The van der Waals surface area contributed by atoms with Gasteiger partial charge in [-0.05, 0) is 31.1 Å². The summed E-state index contributed by atoms with van der Waals surface area (Å²) < 4.78 is 42.0. The molecule has 3 heterocycles. The van der Waals surface area contributed by atoms with Crippen LogP contribution >= 0.6 is 0 Å². The third-order valence-corrected chi connectivity index (χ3v) is 6.10. The molecule has 3 aliphatic rings. The molecule has 5 heteroatoms. The largest absolute Gasteiger partial charge is 0.413 e. The molecule has 1 saturated heterocycles. The highest BCUT2D eigenvalue weighted by Gasteiger charge is 2.67. The number of hydrogen-bond donors (Lipinski definition) is 0. The Morgan fingerprint density at radius 3 is 2.29 bits per heavy atom. The van der Waals surface area contributed by atoms with Gasteiger partial charge >= 0.3 is 6.18 Å². The fourth-order valence-corrected chi connectivity index (χ4v) is 4.27. The minimum atomic E-state index is -4.31. The maximum absolute atomic E-state index is 14.0. The molecule has 2 atom stereocenters. The minimum Gasteiger partial charge on any atom is -0.281 e. The van der Waals surface area contributed by atoms with Crippen LogP contribution in [0.15, 0.2) is 47.7 Å². The third-order valence-electron chi connectivity index (χ3n) is 6.10. The molecule has 0 aromatic heterocycles. The molecule has 1 aromatic rings. The molecule has 4 rings (SSSR count). The molecule has 0 saturated carbocycles. The van der Waals surface area contributed by atoms with E-state index < -0.39 is 11.7 Å². The molecule has 0 N–H and O–H groups in total. The maximum atomic E-state index is 14.0. The van der Waals surface area contributed by atoms with Crippen LogP contribution in [-0.4, -0.2) is 27.8 Å². The van der Waals surface area contributed by atoms with Gasteiger partial charge in [-0.15, -0.1) is 0 Å². The molecule has 0 aliphatic carbocycles. The van der Waals surface area contributed by atoms with Gasteiger partial charge in [0.15, 0.2) is 5.54 Å². The lowest BCUT2D eigenvalue weighted by Gasteiger charge is -2.41. The zero-order valence-corrected chi connectivity index (χ0v) is 14.3. The Hall–Kier alpha value is -1.91. The van der Waals surface area contributed by atoms with Crippen molar-refractivity contribution in [3.8, 4) is 0 Å². The Morgan fingerprint density at radius 1 is 1.08 bits per heavy atom. The van der Waals surface area contributed by atoms with Crippen molar-refractivity contribution in [2.75, 3.05) is 0 Å². The molecule has 3 aliphatic heterocycles. The normalized spacial score (nSPS) is 31.0. The molecule has 1 fully saturated rings. The van der Waals surface area contributed by atoms with Gasteiger partial charge in [-0.1, -0.05) is 44.2 Å². The smallest absolute Gasteiger partial charge is 0.281 e. The standard InChI is InChI=1S/C19H21F3N2/c1-12-15-11-18(4,19(20,21)22)24-14(13-8-6-5-7-9-13)10-16(23(15)24)17(12,2)3/h5-10,16H,11H2,1-4H3/t16-,18+/m1/s1. The van der Waals surface area contributed by atoms with Crippen LogP contribution in [0.3, 0.4) is 0 Å². The van der Waals surface area contributed by atoms with Crippen LogP contribution in [0.5, 0.6) is 0 Å². The summed E-state index contributed by atoms with van der Waals surface area (Å²) in [6.07, 6.45) is -2.29. The van der Waals surface area contributed by atoms with E-state index in [1.165, 1.54) is 11.9 Å². The average Bonchev–Trinajstić information content (AvgIpc) is 3.10. The van der Waals surface area contributed by atoms with Gasteiger partial charge < -0.3 is 0 Å². The number of nitrogens with zero attached hydrogens (tertiary/aromatic N) is 2. The van der Waals surface area contributed by atoms with Gasteiger partial charge in [-0.3, -0.25) is 10.0 Å². The first-order chi connectivity index (χ1) is 11.1. The summed E-state index contributed by atoms with van der Waals surface area (Å²) >= 11 is 0. The van der Waals surface area contributed by atoms with Crippen LogP contribution in [0.4, 0.5) is 13.2 Å². The van der Waals surface area contributed by atoms with E-state index in [1.807, 2.05) is 48.3 Å². The number of alkyl halides is 3. The van der Waals surface area contributed by atoms with E-state index in [2.05, 4.69) is 13.8 Å². The summed E-state index contributed by atoms with van der Waals surface area (Å²) in [5.74, 6) is 0. The van der Waals surface area contributed by atoms with Crippen LogP contribution in [0.25, 0.3) is 5.70 Å². The topological polar surface area (TPSA) is 6.48 Å². The van der Waals surface area contributed by atoms with Crippen molar-refractivity contribution in [3.63, 3.8) is 0 Å². The van der Waals surface area contributed by atoms with Crippen molar-refractivity contribution in [2.45, 2.75) is 51.9 Å². The van der Waals surface area contributed by atoms with Crippen molar-refractivity contribution >= 4 is 5.70 Å². The van der Waals surface area contributed by atoms with Crippen molar-refractivity contribution in [1.82, 2.24) is 10.0 Å². The molecule has 1 aromatic carbocycles. The van der Waals surface area contributed by atoms with E-state index in [4.69, 9.17) is 0 Å². The lowest BCUT2D eigenvalue weighted by Crippen LogP contribution is -2.55. The summed E-state index contributed by atoms with van der Waals surface area (Å²) in [6, 6.07) is 9.32. The van der Waals surface area contributed by atoms with Gasteiger partial charge in [-0.2, -0.15) is 13.2 Å². The lowest BCUT2D eigenvalue weighted by molar-refractivity contribution is -0.227. The van der Waals surface area contributed by atoms with Gasteiger partial charge in [0.05, 0.1) is 11.7 Å². The zero-order valence-electron chi connectivity index (χ0n) is 14.3. The molecular weight excluding hydrogens is 313 g/mol. The van der Waals surface area contributed by atoms with E-state index in [-0.39, 0.29) is 17.9 Å². The molecule has 24 heavy (non-hydrogen) atoms. The first kappa shape index (κ1) is 15.6. The van der Waals surface area contributed by atoms with Gasteiger partial charge in [0.2, 0.25) is 0 Å². The average molecular weight is 334 g/mol. The first-order valence-electron chi connectivity index (χ1n) is 8.22. The Kier molecular flexibility index (Phi) is 2.85. The monoisotopic (exact) mass is 334 g/mol. The second-order valence-corrected chi connectivity index (χ2v) is 7.76. The van der Waals surface area contributed by atoms with Crippen LogP contribution in [0, 0.1) is 5.41 Å². The Labute approximate surface area is 140 Å². The zero-order chi connectivity index (χ0) is 17.5. The molecule has 0 unspecified atom stereocenters.